The third-order valence-electron chi connectivity index (χ3n) is 3.80. The molecule has 0 bridgehead atoms. The molecule has 27 heavy (non-hydrogen) atoms. The normalized spacial score (nSPS) is 10.8. The van der Waals surface area contributed by atoms with Crippen LogP contribution in [0.15, 0.2) is 59.0 Å². The van der Waals surface area contributed by atoms with Gasteiger partial charge in [0.2, 0.25) is 5.89 Å². The second kappa shape index (κ2) is 8.95. The summed E-state index contributed by atoms with van der Waals surface area (Å²) < 4.78 is 11.5. The molecule has 0 spiro atoms. The maximum Gasteiger partial charge on any atom is 0.257 e. The van der Waals surface area contributed by atoms with Crippen LogP contribution in [0.2, 0.25) is 0 Å². The van der Waals surface area contributed by atoms with Crippen molar-refractivity contribution >= 4 is 5.91 Å². The first-order valence-corrected chi connectivity index (χ1v) is 8.66. The number of hydrogen-bond donors (Lipinski definition) is 1. The topological polar surface area (TPSA) is 80.5 Å². The summed E-state index contributed by atoms with van der Waals surface area (Å²) >= 11 is 0. The molecule has 0 unspecified atom stereocenters. The highest BCUT2D eigenvalue weighted by Crippen LogP contribution is 2.30. The number of hydrogen-bond acceptors (Lipinski definition) is 6. The Labute approximate surface area is 158 Å². The van der Waals surface area contributed by atoms with Crippen molar-refractivity contribution in [1.82, 2.24) is 20.4 Å². The van der Waals surface area contributed by atoms with Crippen LogP contribution < -0.4 is 10.1 Å². The first-order chi connectivity index (χ1) is 13.1. The lowest BCUT2D eigenvalue weighted by Gasteiger charge is -2.12. The zero-order valence-corrected chi connectivity index (χ0v) is 15.4. The molecule has 2 aromatic carbocycles. The number of benzene rings is 2. The number of para-hydroxylation sites is 1. The highest BCUT2D eigenvalue weighted by atomic mass is 16.5. The molecule has 0 fully saturated rings. The first kappa shape index (κ1) is 18.6. The van der Waals surface area contributed by atoms with E-state index < -0.39 is 0 Å². The largest absolute Gasteiger partial charge is 0.483 e. The number of carbonyl (C=O) groups is 1. The van der Waals surface area contributed by atoms with Crippen LogP contribution in [0, 0.1) is 0 Å². The van der Waals surface area contributed by atoms with Crippen LogP contribution in [0.1, 0.15) is 0 Å². The van der Waals surface area contributed by atoms with Crippen molar-refractivity contribution in [1.29, 1.82) is 0 Å². The Balaban J connectivity index is 1.68. The Hall–Kier alpha value is -3.19. The van der Waals surface area contributed by atoms with Crippen molar-refractivity contribution in [3.05, 3.63) is 54.6 Å². The summed E-state index contributed by atoms with van der Waals surface area (Å²) in [6, 6.07) is 16.8. The van der Waals surface area contributed by atoms with Gasteiger partial charge in [0, 0.05) is 18.7 Å². The summed E-state index contributed by atoms with van der Waals surface area (Å²) in [6.45, 7) is 1.26. The number of carbonyl (C=O) groups excluding carboxylic acids is 1. The minimum absolute atomic E-state index is 0.0792. The molecule has 0 aliphatic rings. The van der Waals surface area contributed by atoms with Crippen molar-refractivity contribution < 1.29 is 13.9 Å². The predicted molar refractivity (Wildman–Crippen MR) is 102 cm³/mol. The van der Waals surface area contributed by atoms with Crippen molar-refractivity contribution in [3.8, 4) is 28.7 Å². The number of amides is 1. The van der Waals surface area contributed by atoms with E-state index in [4.69, 9.17) is 9.15 Å². The molecule has 7 nitrogen and oxygen atoms in total. The second-order valence-electron chi connectivity index (χ2n) is 6.22. The lowest BCUT2D eigenvalue weighted by Crippen LogP contribution is -2.34. The van der Waals surface area contributed by atoms with Gasteiger partial charge in [-0.05, 0) is 38.4 Å². The monoisotopic (exact) mass is 366 g/mol. The standard InChI is InChI=1S/C20H22N4O3/c1-24(2)13-12-21-18(25)14-26-17-11-7-6-10-16(17)20-23-22-19(27-20)15-8-4-3-5-9-15/h3-11H,12-14H2,1-2H3,(H,21,25). The van der Waals surface area contributed by atoms with Crippen LogP contribution in [0.4, 0.5) is 0 Å². The molecule has 1 amide bonds. The summed E-state index contributed by atoms with van der Waals surface area (Å²) in [5.74, 6) is 1.12. The zero-order valence-electron chi connectivity index (χ0n) is 15.4. The molecule has 0 saturated carbocycles. The molecular formula is C20H22N4O3. The number of nitrogens with zero attached hydrogens (tertiary/aromatic N) is 3. The van der Waals surface area contributed by atoms with Gasteiger partial charge in [-0.2, -0.15) is 0 Å². The zero-order chi connectivity index (χ0) is 19.1. The molecular weight excluding hydrogens is 344 g/mol. The summed E-state index contributed by atoms with van der Waals surface area (Å²) in [4.78, 5) is 13.9. The van der Waals surface area contributed by atoms with Gasteiger partial charge in [-0.15, -0.1) is 10.2 Å². The molecule has 0 atom stereocenters. The van der Waals surface area contributed by atoms with Gasteiger partial charge < -0.3 is 19.4 Å². The Bertz CT molecular complexity index is 878. The van der Waals surface area contributed by atoms with E-state index in [-0.39, 0.29) is 12.5 Å². The highest BCUT2D eigenvalue weighted by molar-refractivity contribution is 5.78. The van der Waals surface area contributed by atoms with Crippen molar-refractivity contribution in [2.45, 2.75) is 0 Å². The molecule has 0 radical (unpaired) electrons. The Kier molecular flexibility index (Phi) is 6.17. The third-order valence-corrected chi connectivity index (χ3v) is 3.80. The number of ether oxygens (including phenoxy) is 1. The Morgan fingerprint density at radius 3 is 2.52 bits per heavy atom. The van der Waals surface area contributed by atoms with Crippen LogP contribution in [-0.2, 0) is 4.79 Å². The average molecular weight is 366 g/mol. The van der Waals surface area contributed by atoms with Crippen LogP contribution >= 0.6 is 0 Å². The first-order valence-electron chi connectivity index (χ1n) is 8.66. The molecule has 1 N–H and O–H groups in total. The van der Waals surface area contributed by atoms with E-state index in [2.05, 4.69) is 15.5 Å². The van der Waals surface area contributed by atoms with Gasteiger partial charge >= 0.3 is 0 Å². The van der Waals surface area contributed by atoms with Gasteiger partial charge in [-0.25, -0.2) is 0 Å². The van der Waals surface area contributed by atoms with Crippen molar-refractivity contribution in [3.63, 3.8) is 0 Å². The Morgan fingerprint density at radius 1 is 1.04 bits per heavy atom. The highest BCUT2D eigenvalue weighted by Gasteiger charge is 2.15. The molecule has 7 heteroatoms. The van der Waals surface area contributed by atoms with E-state index in [1.165, 1.54) is 0 Å². The molecule has 3 rings (SSSR count). The molecule has 3 aromatic rings. The molecule has 0 saturated heterocycles. The van der Waals surface area contributed by atoms with E-state index >= 15 is 0 Å². The summed E-state index contributed by atoms with van der Waals surface area (Å²) in [6.07, 6.45) is 0. The van der Waals surface area contributed by atoms with E-state index in [0.717, 1.165) is 12.1 Å². The molecule has 1 heterocycles. The average Bonchev–Trinajstić information content (AvgIpc) is 3.17. The minimum Gasteiger partial charge on any atom is -0.483 e. The van der Waals surface area contributed by atoms with Crippen LogP contribution in [0.25, 0.3) is 22.9 Å². The smallest absolute Gasteiger partial charge is 0.257 e. The van der Waals surface area contributed by atoms with Crippen LogP contribution in [0.5, 0.6) is 5.75 Å². The predicted octanol–water partition coefficient (Wildman–Crippen LogP) is 2.46. The summed E-state index contributed by atoms with van der Waals surface area (Å²) in [5, 5.41) is 11.0. The SMILES string of the molecule is CN(C)CCNC(=O)COc1ccccc1-c1nnc(-c2ccccc2)o1. The van der Waals surface area contributed by atoms with Gasteiger partial charge in [-0.1, -0.05) is 30.3 Å². The van der Waals surface area contributed by atoms with E-state index in [1.54, 1.807) is 6.07 Å². The van der Waals surface area contributed by atoms with E-state index in [9.17, 15) is 4.79 Å². The van der Waals surface area contributed by atoms with Crippen LogP contribution in [-0.4, -0.2) is 54.8 Å². The number of nitrogens with one attached hydrogen (secondary N) is 1. The summed E-state index contributed by atoms with van der Waals surface area (Å²) in [7, 11) is 3.90. The fourth-order valence-electron chi connectivity index (χ4n) is 2.41. The Morgan fingerprint density at radius 2 is 1.74 bits per heavy atom. The molecule has 0 aliphatic heterocycles. The lowest BCUT2D eigenvalue weighted by atomic mass is 10.2. The quantitative estimate of drug-likeness (QED) is 0.660. The van der Waals surface area contributed by atoms with Gasteiger partial charge in [0.1, 0.15) is 5.75 Å². The van der Waals surface area contributed by atoms with Gasteiger partial charge in [0.15, 0.2) is 6.61 Å². The number of rotatable bonds is 8. The summed E-state index contributed by atoms with van der Waals surface area (Å²) in [5.41, 5.74) is 1.49. The van der Waals surface area contributed by atoms with Crippen molar-refractivity contribution in [2.75, 3.05) is 33.8 Å². The van der Waals surface area contributed by atoms with Gasteiger partial charge in [-0.3, -0.25) is 4.79 Å². The van der Waals surface area contributed by atoms with Crippen molar-refractivity contribution in [2.24, 2.45) is 0 Å². The maximum atomic E-state index is 11.9. The number of aromatic nitrogens is 2. The lowest BCUT2D eigenvalue weighted by molar-refractivity contribution is -0.123. The third kappa shape index (κ3) is 5.15. The minimum atomic E-state index is -0.179. The van der Waals surface area contributed by atoms with Gasteiger partial charge in [0.25, 0.3) is 11.8 Å². The molecule has 1 aromatic heterocycles. The maximum absolute atomic E-state index is 11.9. The van der Waals surface area contributed by atoms with E-state index in [0.29, 0.717) is 29.6 Å². The fourth-order valence-corrected chi connectivity index (χ4v) is 2.41. The molecule has 140 valence electrons. The van der Waals surface area contributed by atoms with Crippen LogP contribution in [0.3, 0.4) is 0 Å². The fraction of sp³-hybridized carbons (Fsp3) is 0.250. The second-order valence-corrected chi connectivity index (χ2v) is 6.22. The van der Waals surface area contributed by atoms with E-state index in [1.807, 2.05) is 67.5 Å². The number of likely N-dealkylation sites (N-methyl/N-ethyl adjacent to an activating group) is 1. The van der Waals surface area contributed by atoms with Gasteiger partial charge in [0.05, 0.1) is 5.56 Å². The molecule has 0 aliphatic carbocycles.